The van der Waals surface area contributed by atoms with E-state index in [9.17, 15) is 0 Å². The lowest BCUT2D eigenvalue weighted by molar-refractivity contribution is 0.952. The van der Waals surface area contributed by atoms with E-state index in [2.05, 4.69) is 20.3 Å². The van der Waals surface area contributed by atoms with Gasteiger partial charge in [0.15, 0.2) is 5.16 Å². The number of nitrogens with zero attached hydrogens (tertiary/aromatic N) is 3. The van der Waals surface area contributed by atoms with Crippen molar-refractivity contribution in [3.05, 3.63) is 27.3 Å². The molecule has 1 N–H and O–H groups in total. The Hall–Kier alpha value is -0.850. The van der Waals surface area contributed by atoms with Crippen molar-refractivity contribution in [3.8, 4) is 0 Å². The van der Waals surface area contributed by atoms with Crippen LogP contribution in [0.4, 0.5) is 5.82 Å². The van der Waals surface area contributed by atoms with Crippen molar-refractivity contribution < 1.29 is 0 Å². The van der Waals surface area contributed by atoms with Crippen LogP contribution < -0.4 is 5.32 Å². The number of rotatable bonds is 4. The number of thiazole rings is 1. The first-order valence-electron chi connectivity index (χ1n) is 4.91. The third-order valence-electron chi connectivity index (χ3n) is 1.94. The van der Waals surface area contributed by atoms with Crippen molar-refractivity contribution in [2.75, 3.05) is 11.6 Å². The summed E-state index contributed by atoms with van der Waals surface area (Å²) in [4.78, 5) is 12.7. The summed E-state index contributed by atoms with van der Waals surface area (Å²) < 4.78 is 0. The number of aromatic nitrogens is 3. The highest BCUT2D eigenvalue weighted by Crippen LogP contribution is 2.18. The molecule has 0 radical (unpaired) electrons. The first-order chi connectivity index (χ1) is 8.17. The van der Waals surface area contributed by atoms with E-state index in [0.29, 0.717) is 16.9 Å². The van der Waals surface area contributed by atoms with Gasteiger partial charge in [-0.3, -0.25) is 0 Å². The summed E-state index contributed by atoms with van der Waals surface area (Å²) in [6, 6.07) is 1.71. The number of nitrogens with one attached hydrogen (secondary N) is 1. The van der Waals surface area contributed by atoms with E-state index < -0.39 is 0 Å². The lowest BCUT2D eigenvalue weighted by Crippen LogP contribution is -2.02. The lowest BCUT2D eigenvalue weighted by atomic mass is 10.5. The Kier molecular flexibility index (Phi) is 4.20. The summed E-state index contributed by atoms with van der Waals surface area (Å²) >= 11 is 8.99. The summed E-state index contributed by atoms with van der Waals surface area (Å²) in [5, 5.41) is 7.35. The van der Waals surface area contributed by atoms with Gasteiger partial charge in [0.2, 0.25) is 0 Å². The molecule has 0 aliphatic carbocycles. The number of thioether (sulfide) groups is 1. The van der Waals surface area contributed by atoms with Crippen LogP contribution >= 0.6 is 34.7 Å². The van der Waals surface area contributed by atoms with E-state index in [4.69, 9.17) is 11.6 Å². The molecule has 0 bridgehead atoms. The highest BCUT2D eigenvalue weighted by atomic mass is 35.5. The monoisotopic (exact) mass is 286 g/mol. The first-order valence-corrected chi connectivity index (χ1v) is 7.39. The summed E-state index contributed by atoms with van der Waals surface area (Å²) in [7, 11) is 0. The molecule has 90 valence electrons. The van der Waals surface area contributed by atoms with Crippen molar-refractivity contribution in [3.63, 3.8) is 0 Å². The number of hydrogen-bond acceptors (Lipinski definition) is 6. The van der Waals surface area contributed by atoms with Crippen molar-refractivity contribution in [2.24, 2.45) is 0 Å². The first kappa shape index (κ1) is 12.6. The normalized spacial score (nSPS) is 10.5. The second-order valence-electron chi connectivity index (χ2n) is 3.30. The van der Waals surface area contributed by atoms with Crippen LogP contribution in [0.3, 0.4) is 0 Å². The topological polar surface area (TPSA) is 50.7 Å². The summed E-state index contributed by atoms with van der Waals surface area (Å²) in [5.41, 5.74) is 1.04. The van der Waals surface area contributed by atoms with Gasteiger partial charge in [0.1, 0.15) is 16.0 Å². The predicted octanol–water partition coefficient (Wildman–Crippen LogP) is 3.23. The Bertz CT molecular complexity index is 515. The SMILES string of the molecule is CSc1nc(Cl)cc(NCc2nc(C)cs2)n1. The van der Waals surface area contributed by atoms with E-state index >= 15 is 0 Å². The Morgan fingerprint density at radius 1 is 1.41 bits per heavy atom. The van der Waals surface area contributed by atoms with Crippen LogP contribution in [0.15, 0.2) is 16.6 Å². The molecule has 4 nitrogen and oxygen atoms in total. The molecule has 0 aliphatic heterocycles. The molecule has 2 rings (SSSR count). The number of halogens is 1. The Balaban J connectivity index is 2.05. The molecule has 0 saturated carbocycles. The van der Waals surface area contributed by atoms with Gasteiger partial charge >= 0.3 is 0 Å². The zero-order chi connectivity index (χ0) is 12.3. The van der Waals surface area contributed by atoms with Crippen LogP contribution in [0.1, 0.15) is 10.7 Å². The molecule has 0 amide bonds. The van der Waals surface area contributed by atoms with E-state index in [1.807, 2.05) is 18.6 Å². The van der Waals surface area contributed by atoms with E-state index in [1.54, 1.807) is 17.4 Å². The van der Waals surface area contributed by atoms with Crippen molar-refractivity contribution in [1.29, 1.82) is 0 Å². The van der Waals surface area contributed by atoms with E-state index in [-0.39, 0.29) is 0 Å². The Morgan fingerprint density at radius 3 is 2.88 bits per heavy atom. The van der Waals surface area contributed by atoms with Gasteiger partial charge in [0, 0.05) is 17.1 Å². The molecule has 2 aromatic rings. The van der Waals surface area contributed by atoms with Crippen LogP contribution in [-0.4, -0.2) is 21.2 Å². The molecule has 0 fully saturated rings. The van der Waals surface area contributed by atoms with E-state index in [1.165, 1.54) is 11.8 Å². The smallest absolute Gasteiger partial charge is 0.190 e. The average Bonchev–Trinajstić information content (AvgIpc) is 2.72. The lowest BCUT2D eigenvalue weighted by Gasteiger charge is -2.05. The molecule has 2 heterocycles. The highest BCUT2D eigenvalue weighted by Gasteiger charge is 2.03. The van der Waals surface area contributed by atoms with Gasteiger partial charge in [-0.2, -0.15) is 0 Å². The van der Waals surface area contributed by atoms with Crippen molar-refractivity contribution in [1.82, 2.24) is 15.0 Å². The fraction of sp³-hybridized carbons (Fsp3) is 0.300. The molecule has 7 heteroatoms. The zero-order valence-electron chi connectivity index (χ0n) is 9.40. The number of anilines is 1. The van der Waals surface area contributed by atoms with Gasteiger partial charge in [-0.25, -0.2) is 15.0 Å². The van der Waals surface area contributed by atoms with Crippen LogP contribution in [0, 0.1) is 6.92 Å². The highest BCUT2D eigenvalue weighted by molar-refractivity contribution is 7.98. The molecule has 2 aromatic heterocycles. The zero-order valence-corrected chi connectivity index (χ0v) is 11.8. The molecule has 0 aliphatic rings. The molecule has 0 aromatic carbocycles. The van der Waals surface area contributed by atoms with Crippen molar-refractivity contribution >= 4 is 40.5 Å². The van der Waals surface area contributed by atoms with Gasteiger partial charge in [-0.1, -0.05) is 23.4 Å². The summed E-state index contributed by atoms with van der Waals surface area (Å²) in [6.07, 6.45) is 1.92. The quantitative estimate of drug-likeness (QED) is 0.531. The third kappa shape index (κ3) is 3.55. The standard InChI is InChI=1S/C10H11ClN4S2/c1-6-5-17-9(13-6)4-12-8-3-7(11)14-10(15-8)16-2/h3,5H,4H2,1-2H3,(H,12,14,15). The average molecular weight is 287 g/mol. The van der Waals surface area contributed by atoms with Gasteiger partial charge in [-0.15, -0.1) is 11.3 Å². The van der Waals surface area contributed by atoms with Gasteiger partial charge in [-0.05, 0) is 13.2 Å². The van der Waals surface area contributed by atoms with Crippen LogP contribution in [0.2, 0.25) is 5.15 Å². The van der Waals surface area contributed by atoms with Crippen molar-refractivity contribution in [2.45, 2.75) is 18.6 Å². The minimum Gasteiger partial charge on any atom is -0.363 e. The third-order valence-corrected chi connectivity index (χ3v) is 3.65. The van der Waals surface area contributed by atoms with Gasteiger partial charge in [0.25, 0.3) is 0 Å². The number of aryl methyl sites for hydroxylation is 1. The second kappa shape index (κ2) is 5.66. The molecule has 17 heavy (non-hydrogen) atoms. The molecule has 0 unspecified atom stereocenters. The second-order valence-corrected chi connectivity index (χ2v) is 5.40. The number of hydrogen-bond donors (Lipinski definition) is 1. The van der Waals surface area contributed by atoms with Crippen LogP contribution in [0.5, 0.6) is 0 Å². The maximum Gasteiger partial charge on any atom is 0.190 e. The summed E-state index contributed by atoms with van der Waals surface area (Å²) in [5.74, 6) is 0.724. The van der Waals surface area contributed by atoms with E-state index in [0.717, 1.165) is 16.5 Å². The summed E-state index contributed by atoms with van der Waals surface area (Å²) in [6.45, 7) is 2.63. The minimum absolute atomic E-state index is 0.446. The predicted molar refractivity (Wildman–Crippen MR) is 73.0 cm³/mol. The minimum atomic E-state index is 0.446. The molecular weight excluding hydrogens is 276 g/mol. The maximum absolute atomic E-state index is 5.90. The fourth-order valence-corrected chi connectivity index (χ4v) is 2.55. The molecule has 0 saturated heterocycles. The molecule has 0 atom stereocenters. The fourth-order valence-electron chi connectivity index (χ4n) is 1.23. The maximum atomic E-state index is 5.90. The molecule has 0 spiro atoms. The Morgan fingerprint density at radius 2 is 2.24 bits per heavy atom. The molecular formula is C10H11ClN4S2. The van der Waals surface area contributed by atoms with Gasteiger partial charge < -0.3 is 5.32 Å². The van der Waals surface area contributed by atoms with Crippen LogP contribution in [0.25, 0.3) is 0 Å². The van der Waals surface area contributed by atoms with Crippen LogP contribution in [-0.2, 0) is 6.54 Å². The largest absolute Gasteiger partial charge is 0.363 e. The van der Waals surface area contributed by atoms with Gasteiger partial charge in [0.05, 0.1) is 6.54 Å². The Labute approximate surface area is 113 Å².